The van der Waals surface area contributed by atoms with Crippen LogP contribution < -0.4 is 5.32 Å². The zero-order valence-electron chi connectivity index (χ0n) is 6.45. The van der Waals surface area contributed by atoms with Gasteiger partial charge in [0.25, 0.3) is 0 Å². The Bertz CT molecular complexity index is 294. The lowest BCUT2D eigenvalue weighted by molar-refractivity contribution is 1.11. The fourth-order valence-electron chi connectivity index (χ4n) is 1.52. The number of nitrogens with one attached hydrogen (secondary N) is 1. The Morgan fingerprint density at radius 2 is 2.27 bits per heavy atom. The molecule has 1 heterocycles. The van der Waals surface area contributed by atoms with Gasteiger partial charge in [-0.05, 0) is 30.5 Å². The van der Waals surface area contributed by atoms with E-state index in [9.17, 15) is 0 Å². The minimum absolute atomic E-state index is 1.09. The van der Waals surface area contributed by atoms with E-state index in [1.165, 1.54) is 27.7 Å². The summed E-state index contributed by atoms with van der Waals surface area (Å²) in [7, 11) is 0. The zero-order chi connectivity index (χ0) is 7.84. The Morgan fingerprint density at radius 1 is 1.45 bits per heavy atom. The number of hydrogen-bond donors (Lipinski definition) is 1. The van der Waals surface area contributed by atoms with E-state index in [1.807, 2.05) is 0 Å². The molecule has 1 N–H and O–H groups in total. The third-order valence-electron chi connectivity index (χ3n) is 2.18. The van der Waals surface area contributed by atoms with Crippen molar-refractivity contribution in [3.8, 4) is 0 Å². The van der Waals surface area contributed by atoms with Gasteiger partial charge in [0.15, 0.2) is 0 Å². The lowest BCUT2D eigenvalue weighted by Crippen LogP contribution is -1.93. The van der Waals surface area contributed by atoms with Crippen molar-refractivity contribution in [1.29, 1.82) is 0 Å². The maximum absolute atomic E-state index is 3.51. The van der Waals surface area contributed by atoms with Crippen LogP contribution in [0.3, 0.4) is 0 Å². The molecule has 0 radical (unpaired) electrons. The van der Waals surface area contributed by atoms with Crippen LogP contribution in [-0.2, 0) is 6.42 Å². The van der Waals surface area contributed by atoms with Gasteiger partial charge >= 0.3 is 0 Å². The summed E-state index contributed by atoms with van der Waals surface area (Å²) >= 11 is 3.51. The molecule has 0 spiro atoms. The first kappa shape index (κ1) is 7.17. The number of hydrogen-bond acceptors (Lipinski definition) is 1. The summed E-state index contributed by atoms with van der Waals surface area (Å²) in [5.41, 5.74) is 4.12. The molecule has 2 heteroatoms. The van der Waals surface area contributed by atoms with E-state index in [0.717, 1.165) is 6.54 Å². The van der Waals surface area contributed by atoms with Crippen molar-refractivity contribution in [1.82, 2.24) is 0 Å². The van der Waals surface area contributed by atoms with E-state index in [2.05, 4.69) is 40.3 Å². The summed E-state index contributed by atoms with van der Waals surface area (Å²) in [5.74, 6) is 0. The van der Waals surface area contributed by atoms with Gasteiger partial charge in [-0.2, -0.15) is 0 Å². The highest BCUT2D eigenvalue weighted by atomic mass is 79.9. The molecular formula is C9H10BrN. The predicted octanol–water partition coefficient (Wildman–Crippen LogP) is 2.73. The van der Waals surface area contributed by atoms with Crippen LogP contribution in [0.25, 0.3) is 0 Å². The van der Waals surface area contributed by atoms with Crippen LogP contribution in [0.1, 0.15) is 11.1 Å². The monoisotopic (exact) mass is 211 g/mol. The van der Waals surface area contributed by atoms with Crippen molar-refractivity contribution in [2.75, 3.05) is 11.9 Å². The molecular weight excluding hydrogens is 202 g/mol. The number of halogens is 1. The second kappa shape index (κ2) is 2.52. The zero-order valence-corrected chi connectivity index (χ0v) is 8.03. The van der Waals surface area contributed by atoms with Gasteiger partial charge in [0.1, 0.15) is 0 Å². The molecule has 0 amide bonds. The van der Waals surface area contributed by atoms with Crippen molar-refractivity contribution >= 4 is 21.6 Å². The molecule has 1 aromatic carbocycles. The first-order valence-electron chi connectivity index (χ1n) is 3.81. The normalized spacial score (nSPS) is 14.4. The SMILES string of the molecule is Cc1c(Br)ccc2c1NCC2. The molecule has 0 aromatic heterocycles. The average Bonchev–Trinajstić information content (AvgIpc) is 2.45. The first-order chi connectivity index (χ1) is 5.29. The largest absolute Gasteiger partial charge is 0.384 e. The third-order valence-corrected chi connectivity index (χ3v) is 3.04. The summed E-state index contributed by atoms with van der Waals surface area (Å²) in [4.78, 5) is 0. The van der Waals surface area contributed by atoms with Crippen LogP contribution in [-0.4, -0.2) is 6.54 Å². The van der Waals surface area contributed by atoms with E-state index < -0.39 is 0 Å². The topological polar surface area (TPSA) is 12.0 Å². The van der Waals surface area contributed by atoms with Gasteiger partial charge in [0, 0.05) is 16.7 Å². The molecule has 0 saturated heterocycles. The number of rotatable bonds is 0. The van der Waals surface area contributed by atoms with Crippen molar-refractivity contribution in [3.05, 3.63) is 27.7 Å². The number of benzene rings is 1. The molecule has 0 fully saturated rings. The fourth-order valence-corrected chi connectivity index (χ4v) is 1.85. The first-order valence-corrected chi connectivity index (χ1v) is 4.60. The summed E-state index contributed by atoms with van der Waals surface area (Å²) in [6.07, 6.45) is 1.17. The van der Waals surface area contributed by atoms with Crippen LogP contribution in [0.15, 0.2) is 16.6 Å². The summed E-state index contributed by atoms with van der Waals surface area (Å²) in [6.45, 7) is 3.23. The summed E-state index contributed by atoms with van der Waals surface area (Å²) in [6, 6.07) is 4.31. The fraction of sp³-hybridized carbons (Fsp3) is 0.333. The number of anilines is 1. The molecule has 0 atom stereocenters. The molecule has 0 saturated carbocycles. The highest BCUT2D eigenvalue weighted by Crippen LogP contribution is 2.30. The van der Waals surface area contributed by atoms with Crippen LogP contribution in [0.2, 0.25) is 0 Å². The molecule has 1 aliphatic rings. The molecule has 1 aliphatic heterocycles. The van der Waals surface area contributed by atoms with E-state index >= 15 is 0 Å². The smallest absolute Gasteiger partial charge is 0.0414 e. The number of fused-ring (bicyclic) bond motifs is 1. The van der Waals surface area contributed by atoms with Gasteiger partial charge in [0.2, 0.25) is 0 Å². The molecule has 0 aliphatic carbocycles. The van der Waals surface area contributed by atoms with Gasteiger partial charge < -0.3 is 5.32 Å². The Balaban J connectivity index is 2.62. The highest BCUT2D eigenvalue weighted by molar-refractivity contribution is 9.10. The Morgan fingerprint density at radius 3 is 3.09 bits per heavy atom. The van der Waals surface area contributed by atoms with Crippen LogP contribution >= 0.6 is 15.9 Å². The second-order valence-electron chi connectivity index (χ2n) is 2.88. The molecule has 1 nitrogen and oxygen atoms in total. The third kappa shape index (κ3) is 1.06. The van der Waals surface area contributed by atoms with Gasteiger partial charge in [-0.25, -0.2) is 0 Å². The minimum Gasteiger partial charge on any atom is -0.384 e. The molecule has 0 unspecified atom stereocenters. The Hall–Kier alpha value is -0.500. The van der Waals surface area contributed by atoms with Gasteiger partial charge in [0.05, 0.1) is 0 Å². The van der Waals surface area contributed by atoms with E-state index in [-0.39, 0.29) is 0 Å². The van der Waals surface area contributed by atoms with E-state index in [1.54, 1.807) is 0 Å². The highest BCUT2D eigenvalue weighted by Gasteiger charge is 2.12. The molecule has 1 aromatic rings. The van der Waals surface area contributed by atoms with Crippen molar-refractivity contribution in [3.63, 3.8) is 0 Å². The van der Waals surface area contributed by atoms with E-state index in [4.69, 9.17) is 0 Å². The lowest BCUT2D eigenvalue weighted by atomic mass is 10.1. The van der Waals surface area contributed by atoms with Crippen molar-refractivity contribution in [2.24, 2.45) is 0 Å². The van der Waals surface area contributed by atoms with Crippen molar-refractivity contribution in [2.45, 2.75) is 13.3 Å². The molecule has 11 heavy (non-hydrogen) atoms. The minimum atomic E-state index is 1.09. The van der Waals surface area contributed by atoms with Crippen LogP contribution in [0, 0.1) is 6.92 Å². The standard InChI is InChI=1S/C9H10BrN/c1-6-8(10)3-2-7-4-5-11-9(6)7/h2-3,11H,4-5H2,1H3. The maximum atomic E-state index is 3.51. The van der Waals surface area contributed by atoms with Gasteiger partial charge in [-0.15, -0.1) is 0 Å². The Labute approximate surface area is 74.9 Å². The van der Waals surface area contributed by atoms with Gasteiger partial charge in [-0.3, -0.25) is 0 Å². The lowest BCUT2D eigenvalue weighted by Gasteiger charge is -2.05. The molecule has 58 valence electrons. The Kier molecular flexibility index (Phi) is 1.64. The van der Waals surface area contributed by atoms with Gasteiger partial charge in [-0.1, -0.05) is 22.0 Å². The predicted molar refractivity (Wildman–Crippen MR) is 51.1 cm³/mol. The summed E-state index contributed by atoms with van der Waals surface area (Å²) in [5, 5.41) is 3.38. The molecule has 0 bridgehead atoms. The molecule has 2 rings (SSSR count). The van der Waals surface area contributed by atoms with Crippen LogP contribution in [0.5, 0.6) is 0 Å². The van der Waals surface area contributed by atoms with Crippen molar-refractivity contribution < 1.29 is 0 Å². The summed E-state index contributed by atoms with van der Waals surface area (Å²) < 4.78 is 1.20. The second-order valence-corrected chi connectivity index (χ2v) is 3.74. The van der Waals surface area contributed by atoms with E-state index in [0.29, 0.717) is 0 Å². The maximum Gasteiger partial charge on any atom is 0.0414 e. The van der Waals surface area contributed by atoms with Crippen LogP contribution in [0.4, 0.5) is 5.69 Å². The average molecular weight is 212 g/mol. The quantitative estimate of drug-likeness (QED) is 0.697.